The number of hydrogen-bond donors (Lipinski definition) is 3. The molecule has 2 rings (SSSR count). The Balaban J connectivity index is 0.000000327. The third-order valence-corrected chi connectivity index (χ3v) is 2.32. The molecule has 5 heteroatoms. The minimum absolute atomic E-state index is 0.677. The Kier molecular flexibility index (Phi) is 11.3. The Morgan fingerprint density at radius 3 is 2.30 bits per heavy atom. The highest BCUT2D eigenvalue weighted by Gasteiger charge is 1.90. The van der Waals surface area contributed by atoms with Crippen molar-refractivity contribution in [2.75, 3.05) is 13.1 Å². The van der Waals surface area contributed by atoms with Gasteiger partial charge in [0, 0.05) is 36.1 Å². The maximum absolute atomic E-state index is 5.37. The number of hydrogen-bond acceptors (Lipinski definition) is 4. The maximum atomic E-state index is 5.37. The molecule has 2 heterocycles. The number of aryl methyl sites for hydroxylation is 1. The maximum Gasteiger partial charge on any atom is 0.0921 e. The Labute approximate surface area is 121 Å². The van der Waals surface area contributed by atoms with Gasteiger partial charge in [-0.3, -0.25) is 4.98 Å². The van der Waals surface area contributed by atoms with E-state index in [0.29, 0.717) is 13.1 Å². The fraction of sp³-hybridized carbons (Fsp3) is 0.467. The van der Waals surface area contributed by atoms with Crippen LogP contribution in [0.3, 0.4) is 0 Å². The average Bonchev–Trinajstić information content (AvgIpc) is 2.96. The zero-order valence-corrected chi connectivity index (χ0v) is 12.8. The van der Waals surface area contributed by atoms with Gasteiger partial charge in [0.05, 0.1) is 6.33 Å². The van der Waals surface area contributed by atoms with Crippen molar-refractivity contribution in [1.29, 1.82) is 0 Å². The van der Waals surface area contributed by atoms with Crippen molar-refractivity contribution < 1.29 is 0 Å². The Morgan fingerprint density at radius 1 is 1.10 bits per heavy atom. The Morgan fingerprint density at radius 2 is 1.80 bits per heavy atom. The summed E-state index contributed by atoms with van der Waals surface area (Å²) in [4.78, 5) is 11.1. The van der Waals surface area contributed by atoms with Crippen LogP contribution in [0.15, 0.2) is 30.7 Å². The molecule has 2 aromatic rings. The van der Waals surface area contributed by atoms with Gasteiger partial charge in [-0.1, -0.05) is 19.9 Å². The predicted molar refractivity (Wildman–Crippen MR) is 84.4 cm³/mol. The van der Waals surface area contributed by atoms with E-state index in [1.54, 1.807) is 12.5 Å². The molecule has 0 aromatic carbocycles. The van der Waals surface area contributed by atoms with Gasteiger partial charge < -0.3 is 16.5 Å². The van der Waals surface area contributed by atoms with Crippen molar-refractivity contribution in [3.05, 3.63) is 47.8 Å². The van der Waals surface area contributed by atoms with Gasteiger partial charge in [0.1, 0.15) is 0 Å². The molecule has 0 aliphatic rings. The smallest absolute Gasteiger partial charge is 0.0921 e. The highest BCUT2D eigenvalue weighted by atomic mass is 14.9. The van der Waals surface area contributed by atoms with E-state index >= 15 is 0 Å². The quantitative estimate of drug-likeness (QED) is 0.794. The fourth-order valence-corrected chi connectivity index (χ4v) is 1.46. The van der Waals surface area contributed by atoms with Crippen LogP contribution in [0.4, 0.5) is 0 Å². The molecule has 0 unspecified atom stereocenters. The molecule has 0 aliphatic carbocycles. The lowest BCUT2D eigenvalue weighted by atomic mass is 10.2. The van der Waals surface area contributed by atoms with Gasteiger partial charge in [-0.25, -0.2) is 4.98 Å². The summed E-state index contributed by atoms with van der Waals surface area (Å²) in [6.45, 7) is 7.35. The molecule has 0 saturated heterocycles. The summed E-state index contributed by atoms with van der Waals surface area (Å²) in [6, 6.07) is 5.99. The van der Waals surface area contributed by atoms with Crippen LogP contribution >= 0.6 is 0 Å². The number of nitrogens with two attached hydrogens (primary N) is 2. The lowest BCUT2D eigenvalue weighted by Gasteiger charge is -1.97. The highest BCUT2D eigenvalue weighted by Crippen LogP contribution is 1.97. The standard InChI is InChI=1S/C8H12N2.C5H9N3.C2H6/c1-7-3-2-4-8(10-7)5-6-9;6-2-1-5-3-7-4-8-5;1-2/h2-4H,5-6,9H2,1H3;3-4H,1-2,6H2,(H,7,8);1-2H3. The van der Waals surface area contributed by atoms with Crippen LogP contribution in [0.2, 0.25) is 0 Å². The number of nitrogens with zero attached hydrogens (tertiary/aromatic N) is 2. The van der Waals surface area contributed by atoms with Crippen LogP contribution in [0.5, 0.6) is 0 Å². The van der Waals surface area contributed by atoms with Crippen molar-refractivity contribution in [2.45, 2.75) is 33.6 Å². The van der Waals surface area contributed by atoms with Crippen LogP contribution in [0, 0.1) is 6.92 Å². The molecule has 0 fully saturated rings. The molecule has 0 aliphatic heterocycles. The Bertz CT molecular complexity index is 426. The molecule has 0 atom stereocenters. The molecule has 112 valence electrons. The second-order valence-corrected chi connectivity index (χ2v) is 3.92. The number of nitrogens with one attached hydrogen (secondary N) is 1. The average molecular weight is 277 g/mol. The first-order chi connectivity index (χ1) is 9.76. The van der Waals surface area contributed by atoms with E-state index in [1.165, 1.54) is 0 Å². The number of aromatic nitrogens is 3. The fourth-order valence-electron chi connectivity index (χ4n) is 1.46. The SMILES string of the molecule is CC.Cc1cccc(CCN)n1.NCCc1cnc[nH]1. The number of imidazole rings is 1. The van der Waals surface area contributed by atoms with Crippen molar-refractivity contribution >= 4 is 0 Å². The van der Waals surface area contributed by atoms with E-state index in [9.17, 15) is 0 Å². The summed E-state index contributed by atoms with van der Waals surface area (Å²) in [6.07, 6.45) is 5.21. The lowest BCUT2D eigenvalue weighted by Crippen LogP contribution is -2.04. The van der Waals surface area contributed by atoms with E-state index in [-0.39, 0.29) is 0 Å². The van der Waals surface area contributed by atoms with Gasteiger partial charge >= 0.3 is 0 Å². The normalized spacial score (nSPS) is 9.05. The number of aromatic amines is 1. The van der Waals surface area contributed by atoms with Gasteiger partial charge in [0.25, 0.3) is 0 Å². The number of pyridine rings is 1. The molecule has 2 aromatic heterocycles. The summed E-state index contributed by atoms with van der Waals surface area (Å²) in [7, 11) is 0. The van der Waals surface area contributed by atoms with Crippen molar-refractivity contribution in [3.63, 3.8) is 0 Å². The van der Waals surface area contributed by atoms with Gasteiger partial charge in [-0.2, -0.15) is 0 Å². The minimum atomic E-state index is 0.677. The summed E-state index contributed by atoms with van der Waals surface area (Å²) >= 11 is 0. The molecule has 0 saturated carbocycles. The first-order valence-corrected chi connectivity index (χ1v) is 7.06. The molecular weight excluding hydrogens is 250 g/mol. The summed E-state index contributed by atoms with van der Waals surface area (Å²) in [5.41, 5.74) is 13.9. The molecule has 0 radical (unpaired) electrons. The first-order valence-electron chi connectivity index (χ1n) is 7.06. The first kappa shape index (κ1) is 18.3. The summed E-state index contributed by atoms with van der Waals surface area (Å²) < 4.78 is 0. The molecular formula is C15H27N5. The lowest BCUT2D eigenvalue weighted by molar-refractivity contribution is 0.912. The Hall–Kier alpha value is -1.72. The second kappa shape index (κ2) is 12.3. The van der Waals surface area contributed by atoms with E-state index in [4.69, 9.17) is 11.5 Å². The van der Waals surface area contributed by atoms with Gasteiger partial charge in [0.2, 0.25) is 0 Å². The van der Waals surface area contributed by atoms with Crippen LogP contribution < -0.4 is 11.5 Å². The predicted octanol–water partition coefficient (Wildman–Crippen LogP) is 1.83. The number of rotatable bonds is 4. The molecule has 0 bridgehead atoms. The van der Waals surface area contributed by atoms with Crippen LogP contribution in [0.1, 0.15) is 30.9 Å². The van der Waals surface area contributed by atoms with Gasteiger partial charge in [-0.15, -0.1) is 0 Å². The third kappa shape index (κ3) is 8.39. The van der Waals surface area contributed by atoms with Crippen LogP contribution in [0.25, 0.3) is 0 Å². The van der Waals surface area contributed by atoms with E-state index in [2.05, 4.69) is 15.0 Å². The molecule has 5 nitrogen and oxygen atoms in total. The monoisotopic (exact) mass is 277 g/mol. The van der Waals surface area contributed by atoms with E-state index in [0.717, 1.165) is 29.9 Å². The van der Waals surface area contributed by atoms with Crippen molar-refractivity contribution in [3.8, 4) is 0 Å². The van der Waals surface area contributed by atoms with Gasteiger partial charge in [-0.05, 0) is 32.1 Å². The summed E-state index contributed by atoms with van der Waals surface area (Å²) in [5.74, 6) is 0. The number of H-pyrrole nitrogens is 1. The zero-order valence-electron chi connectivity index (χ0n) is 12.8. The summed E-state index contributed by atoms with van der Waals surface area (Å²) in [5, 5.41) is 0. The third-order valence-electron chi connectivity index (χ3n) is 2.32. The largest absolute Gasteiger partial charge is 0.348 e. The van der Waals surface area contributed by atoms with Gasteiger partial charge in [0.15, 0.2) is 0 Å². The molecule has 0 spiro atoms. The van der Waals surface area contributed by atoms with E-state index in [1.807, 2.05) is 39.0 Å². The highest BCUT2D eigenvalue weighted by molar-refractivity contribution is 5.09. The molecule has 0 amide bonds. The molecule has 5 N–H and O–H groups in total. The minimum Gasteiger partial charge on any atom is -0.348 e. The van der Waals surface area contributed by atoms with E-state index < -0.39 is 0 Å². The van der Waals surface area contributed by atoms with Crippen LogP contribution in [-0.4, -0.2) is 28.0 Å². The topological polar surface area (TPSA) is 93.6 Å². The zero-order chi connectivity index (χ0) is 15.2. The van der Waals surface area contributed by atoms with Crippen LogP contribution in [-0.2, 0) is 12.8 Å². The second-order valence-electron chi connectivity index (χ2n) is 3.92. The molecule has 20 heavy (non-hydrogen) atoms. The van der Waals surface area contributed by atoms with Crippen molar-refractivity contribution in [2.24, 2.45) is 11.5 Å². The van der Waals surface area contributed by atoms with Crippen molar-refractivity contribution in [1.82, 2.24) is 15.0 Å².